The third-order valence-electron chi connectivity index (χ3n) is 10.3. The van der Waals surface area contributed by atoms with Gasteiger partial charge in [0.05, 0.1) is 5.41 Å². The van der Waals surface area contributed by atoms with Crippen LogP contribution in [0.25, 0.3) is 0 Å². The second kappa shape index (κ2) is 13.1. The molecule has 2 heterocycles. The molecule has 0 atom stereocenters. The van der Waals surface area contributed by atoms with E-state index in [9.17, 15) is 0 Å². The summed E-state index contributed by atoms with van der Waals surface area (Å²) in [4.78, 5) is 2.57. The predicted molar refractivity (Wildman–Crippen MR) is 196 cm³/mol. The number of aryl methyl sites for hydroxylation is 2. The van der Waals surface area contributed by atoms with Crippen LogP contribution in [0.2, 0.25) is 0 Å². The lowest BCUT2D eigenvalue weighted by Crippen LogP contribution is -2.28. The van der Waals surface area contributed by atoms with Gasteiger partial charge in [0.25, 0.3) is 0 Å². The molecule has 0 bridgehead atoms. The maximum atomic E-state index is 7.25. The molecule has 0 aromatic heterocycles. The first kappa shape index (κ1) is 33.5. The largest absolute Gasteiger partial charge is 0.344 e. The summed E-state index contributed by atoms with van der Waals surface area (Å²) in [6.45, 7) is 25.3. The molecule has 3 heteroatoms. The molecule has 2 nitrogen and oxygen atoms in total. The first-order valence-corrected chi connectivity index (χ1v) is 17.7. The van der Waals surface area contributed by atoms with Crippen LogP contribution < -0.4 is 4.90 Å². The van der Waals surface area contributed by atoms with E-state index >= 15 is 0 Å². The average molecular weight is 624 g/mol. The van der Waals surface area contributed by atoms with Gasteiger partial charge in [-0.2, -0.15) is 4.58 Å². The minimum absolute atomic E-state index is 0.0551. The summed E-state index contributed by atoms with van der Waals surface area (Å²) in [6.07, 6.45) is 14.9. The van der Waals surface area contributed by atoms with Crippen LogP contribution in [0.15, 0.2) is 82.6 Å². The number of halogens is 1. The Hall–Kier alpha value is -2.84. The first-order valence-electron chi connectivity index (χ1n) is 17.3. The highest BCUT2D eigenvalue weighted by Crippen LogP contribution is 2.48. The van der Waals surface area contributed by atoms with Gasteiger partial charge in [-0.3, -0.25) is 0 Å². The summed E-state index contributed by atoms with van der Waals surface area (Å²) in [7, 11) is 0. The molecule has 0 N–H and O–H groups in total. The highest BCUT2D eigenvalue weighted by atomic mass is 35.5. The van der Waals surface area contributed by atoms with E-state index < -0.39 is 0 Å². The number of hydrogen-bond acceptors (Lipinski definition) is 1. The SMILES string of the molecule is Cc1ccc2c(c1)C(C)(C)C(/C=C/C1=C(Cl)C(=C/C=C3/N(CCC(C)C)c4ccc(C)cc4C3(C)C)/CCC1)=[N+]2CCC(C)C. The molecule has 0 spiro atoms. The average Bonchev–Trinajstić information content (AvgIpc) is 3.31. The smallest absolute Gasteiger partial charge is 0.209 e. The zero-order valence-electron chi connectivity index (χ0n) is 29.7. The van der Waals surface area contributed by atoms with E-state index in [1.54, 1.807) is 0 Å². The van der Waals surface area contributed by atoms with Crippen LogP contribution >= 0.6 is 11.6 Å². The summed E-state index contributed by atoms with van der Waals surface area (Å²) in [5, 5.41) is 0.936. The lowest BCUT2D eigenvalue weighted by molar-refractivity contribution is -0.439. The molecule has 2 aromatic carbocycles. The van der Waals surface area contributed by atoms with Gasteiger partial charge in [0, 0.05) is 52.5 Å². The van der Waals surface area contributed by atoms with E-state index in [4.69, 9.17) is 11.6 Å². The first-order chi connectivity index (χ1) is 21.2. The van der Waals surface area contributed by atoms with Crippen molar-refractivity contribution >= 4 is 28.7 Å². The number of allylic oxidation sites excluding steroid dienone is 8. The van der Waals surface area contributed by atoms with E-state index in [0.29, 0.717) is 11.8 Å². The Morgan fingerprint density at radius 3 is 2.18 bits per heavy atom. The van der Waals surface area contributed by atoms with Gasteiger partial charge in [-0.05, 0) is 100 Å². The zero-order valence-corrected chi connectivity index (χ0v) is 30.4. The molecule has 2 aliphatic heterocycles. The molecule has 0 amide bonds. The number of hydrogen-bond donors (Lipinski definition) is 0. The van der Waals surface area contributed by atoms with Crippen molar-refractivity contribution in [2.24, 2.45) is 11.8 Å². The van der Waals surface area contributed by atoms with Crippen molar-refractivity contribution in [2.45, 2.75) is 112 Å². The molecule has 0 fully saturated rings. The van der Waals surface area contributed by atoms with Gasteiger partial charge in [-0.25, -0.2) is 0 Å². The van der Waals surface area contributed by atoms with Gasteiger partial charge in [0.15, 0.2) is 5.71 Å². The lowest BCUT2D eigenvalue weighted by Gasteiger charge is -2.28. The van der Waals surface area contributed by atoms with Gasteiger partial charge < -0.3 is 4.90 Å². The van der Waals surface area contributed by atoms with Crippen molar-refractivity contribution < 1.29 is 4.58 Å². The maximum Gasteiger partial charge on any atom is 0.209 e. The number of nitrogens with zero attached hydrogens (tertiary/aromatic N) is 2. The van der Waals surface area contributed by atoms with E-state index in [1.165, 1.54) is 69.0 Å². The summed E-state index contributed by atoms with van der Waals surface area (Å²) < 4.78 is 2.57. The molecule has 240 valence electrons. The van der Waals surface area contributed by atoms with Crippen molar-refractivity contribution in [1.29, 1.82) is 0 Å². The summed E-state index contributed by atoms with van der Waals surface area (Å²) >= 11 is 7.25. The Kier molecular flexibility index (Phi) is 9.77. The Balaban J connectivity index is 1.50. The third-order valence-corrected chi connectivity index (χ3v) is 10.8. The fraction of sp³-hybridized carbons (Fsp3) is 0.500. The molecular weight excluding hydrogens is 568 g/mol. The molecule has 0 saturated heterocycles. The minimum atomic E-state index is -0.0551. The van der Waals surface area contributed by atoms with Crippen LogP contribution in [0.4, 0.5) is 11.4 Å². The van der Waals surface area contributed by atoms with Crippen LogP contribution in [-0.2, 0) is 10.8 Å². The molecule has 3 aliphatic rings. The number of anilines is 1. The molecule has 0 saturated carbocycles. The zero-order chi connectivity index (χ0) is 32.7. The Labute approximate surface area is 279 Å². The van der Waals surface area contributed by atoms with Crippen LogP contribution in [0, 0.1) is 25.7 Å². The highest BCUT2D eigenvalue weighted by molar-refractivity contribution is 6.32. The van der Waals surface area contributed by atoms with Crippen LogP contribution in [0.1, 0.15) is 110 Å². The summed E-state index contributed by atoms with van der Waals surface area (Å²) in [6, 6.07) is 13.9. The van der Waals surface area contributed by atoms with Gasteiger partial charge >= 0.3 is 0 Å². The van der Waals surface area contributed by atoms with E-state index in [2.05, 4.69) is 139 Å². The number of benzene rings is 2. The fourth-order valence-corrected chi connectivity index (χ4v) is 7.72. The van der Waals surface area contributed by atoms with E-state index in [0.717, 1.165) is 37.4 Å². The van der Waals surface area contributed by atoms with Crippen LogP contribution in [0.3, 0.4) is 0 Å². The van der Waals surface area contributed by atoms with E-state index in [1.807, 2.05) is 0 Å². The second-order valence-corrected chi connectivity index (χ2v) is 16.0. The van der Waals surface area contributed by atoms with Crippen LogP contribution in [-0.4, -0.2) is 23.4 Å². The molecule has 45 heavy (non-hydrogen) atoms. The fourth-order valence-electron chi connectivity index (χ4n) is 7.40. The molecule has 0 unspecified atom stereocenters. The number of rotatable bonds is 9. The molecule has 5 rings (SSSR count). The monoisotopic (exact) mass is 623 g/mol. The van der Waals surface area contributed by atoms with Gasteiger partial charge in [0.1, 0.15) is 6.54 Å². The molecule has 1 aliphatic carbocycles. The topological polar surface area (TPSA) is 6.25 Å². The molecular formula is C42H56ClN2+. The Morgan fingerprint density at radius 1 is 0.822 bits per heavy atom. The second-order valence-electron chi connectivity index (χ2n) is 15.6. The third kappa shape index (κ3) is 6.69. The van der Waals surface area contributed by atoms with Crippen molar-refractivity contribution in [3.05, 3.63) is 105 Å². The summed E-state index contributed by atoms with van der Waals surface area (Å²) in [5.74, 6) is 1.32. The quantitative estimate of drug-likeness (QED) is 0.252. The van der Waals surface area contributed by atoms with Gasteiger partial charge in [-0.1, -0.05) is 94.6 Å². The minimum Gasteiger partial charge on any atom is -0.344 e. The Bertz CT molecular complexity index is 1600. The standard InChI is InChI=1S/C42H56ClN2/c1-28(2)22-24-44-36-18-14-30(5)26-34(36)41(7,8)38(44)20-16-32-12-11-13-33(40(32)43)17-21-39-42(9,10)35-27-31(6)15-19-37(35)45(39)25-23-29(3)4/h14-21,26-29H,11-13,22-25H2,1-10H3/q+1. The molecule has 2 aromatic rings. The van der Waals surface area contributed by atoms with Crippen molar-refractivity contribution in [3.8, 4) is 0 Å². The maximum absolute atomic E-state index is 7.25. The molecule has 0 radical (unpaired) electrons. The van der Waals surface area contributed by atoms with E-state index in [-0.39, 0.29) is 10.8 Å². The predicted octanol–water partition coefficient (Wildman–Crippen LogP) is 11.6. The van der Waals surface area contributed by atoms with Gasteiger partial charge in [-0.15, -0.1) is 0 Å². The summed E-state index contributed by atoms with van der Waals surface area (Å²) in [5.41, 5.74) is 13.4. The van der Waals surface area contributed by atoms with Crippen molar-refractivity contribution in [2.75, 3.05) is 18.0 Å². The van der Waals surface area contributed by atoms with Crippen LogP contribution in [0.5, 0.6) is 0 Å². The number of fused-ring (bicyclic) bond motifs is 2. The normalized spacial score (nSPS) is 21.0. The van der Waals surface area contributed by atoms with Gasteiger partial charge in [0.2, 0.25) is 5.69 Å². The van der Waals surface area contributed by atoms with Crippen molar-refractivity contribution in [3.63, 3.8) is 0 Å². The van der Waals surface area contributed by atoms with Crippen molar-refractivity contribution in [1.82, 2.24) is 0 Å². The Morgan fingerprint density at radius 2 is 1.49 bits per heavy atom. The highest BCUT2D eigenvalue weighted by Gasteiger charge is 2.44. The lowest BCUT2D eigenvalue weighted by atomic mass is 9.80.